The maximum absolute atomic E-state index is 14.1. The summed E-state index contributed by atoms with van der Waals surface area (Å²) in [5, 5.41) is 2.77. The number of amides is 1. The second kappa shape index (κ2) is 9.58. The van der Waals surface area contributed by atoms with Crippen molar-refractivity contribution in [3.63, 3.8) is 0 Å². The maximum atomic E-state index is 14.1. The van der Waals surface area contributed by atoms with Crippen LogP contribution >= 0.6 is 0 Å². The van der Waals surface area contributed by atoms with E-state index in [1.807, 2.05) is 0 Å². The van der Waals surface area contributed by atoms with Gasteiger partial charge in [0.15, 0.2) is 5.76 Å². The van der Waals surface area contributed by atoms with Gasteiger partial charge >= 0.3 is 0 Å². The molecule has 3 aromatic carbocycles. The van der Waals surface area contributed by atoms with E-state index in [2.05, 4.69) is 10.3 Å². The number of rotatable bonds is 7. The minimum Gasteiger partial charge on any atom is -0.436 e. The predicted molar refractivity (Wildman–Crippen MR) is 126 cm³/mol. The molecule has 0 saturated carbocycles. The predicted octanol–water partition coefficient (Wildman–Crippen LogP) is 4.33. The number of sulfonamides is 1. The van der Waals surface area contributed by atoms with Crippen molar-refractivity contribution < 1.29 is 22.0 Å². The molecule has 1 amide bonds. The molecule has 4 aromatic rings. The number of oxazole rings is 1. The minimum atomic E-state index is -3.67. The van der Waals surface area contributed by atoms with Gasteiger partial charge in [-0.1, -0.05) is 42.5 Å². The summed E-state index contributed by atoms with van der Waals surface area (Å²) in [6.45, 7) is 0.00245. The molecule has 0 atom stereocenters. The topological polar surface area (TPSA) is 92.5 Å². The number of hydrogen-bond donors (Lipinski definition) is 1. The van der Waals surface area contributed by atoms with Crippen LogP contribution in [0, 0.1) is 5.82 Å². The van der Waals surface area contributed by atoms with Gasteiger partial charge in [0.25, 0.3) is 5.91 Å². The molecule has 0 saturated heterocycles. The van der Waals surface area contributed by atoms with E-state index in [0.717, 1.165) is 4.31 Å². The van der Waals surface area contributed by atoms with Crippen molar-refractivity contribution in [3.05, 3.63) is 95.9 Å². The van der Waals surface area contributed by atoms with E-state index in [1.54, 1.807) is 60.7 Å². The molecule has 7 nitrogen and oxygen atoms in total. The zero-order valence-electron chi connectivity index (χ0n) is 18.5. The van der Waals surface area contributed by atoms with Crippen LogP contribution in [0.5, 0.6) is 0 Å². The van der Waals surface area contributed by atoms with Crippen LogP contribution < -0.4 is 5.32 Å². The molecule has 1 aromatic heterocycles. The van der Waals surface area contributed by atoms with Gasteiger partial charge in [0.1, 0.15) is 5.82 Å². The third kappa shape index (κ3) is 4.61. The first kappa shape index (κ1) is 23.3. The summed E-state index contributed by atoms with van der Waals surface area (Å²) in [5.41, 5.74) is 1.44. The summed E-state index contributed by atoms with van der Waals surface area (Å²) >= 11 is 0. The number of halogens is 1. The van der Waals surface area contributed by atoms with Crippen LogP contribution in [0.1, 0.15) is 15.9 Å². The number of carbonyl (C=O) groups excluding carboxylic acids is 1. The second-order valence-electron chi connectivity index (χ2n) is 7.63. The van der Waals surface area contributed by atoms with Crippen molar-refractivity contribution in [2.24, 2.45) is 0 Å². The molecule has 0 aliphatic rings. The van der Waals surface area contributed by atoms with Crippen LogP contribution in [0.25, 0.3) is 22.8 Å². The Morgan fingerprint density at radius 3 is 2.35 bits per heavy atom. The molecule has 9 heteroatoms. The zero-order chi connectivity index (χ0) is 24.3. The molecule has 1 heterocycles. The first-order valence-electron chi connectivity index (χ1n) is 10.4. The van der Waals surface area contributed by atoms with Crippen LogP contribution in [0.2, 0.25) is 0 Å². The summed E-state index contributed by atoms with van der Waals surface area (Å²) in [6.07, 6.45) is 1.41. The summed E-state index contributed by atoms with van der Waals surface area (Å²) in [7, 11) is -0.769. The molecule has 174 valence electrons. The Balaban J connectivity index is 1.60. The fourth-order valence-electron chi connectivity index (χ4n) is 3.42. The average Bonchev–Trinajstić information content (AvgIpc) is 3.33. The molecular weight excluding hydrogens is 457 g/mol. The highest BCUT2D eigenvalue weighted by Crippen LogP contribution is 2.29. The fourth-order valence-corrected chi connectivity index (χ4v) is 4.54. The van der Waals surface area contributed by atoms with Gasteiger partial charge in [0, 0.05) is 26.2 Å². The first-order valence-corrected chi connectivity index (χ1v) is 11.8. The van der Waals surface area contributed by atoms with Crippen LogP contribution in [0.3, 0.4) is 0 Å². The molecular formula is C25H22FN3O4S. The Labute approximate surface area is 196 Å². The number of nitrogens with one attached hydrogen (secondary N) is 1. The van der Waals surface area contributed by atoms with Gasteiger partial charge < -0.3 is 9.73 Å². The quantitative estimate of drug-likeness (QED) is 0.426. The molecule has 0 spiro atoms. The van der Waals surface area contributed by atoms with Crippen molar-refractivity contribution in [1.29, 1.82) is 0 Å². The largest absolute Gasteiger partial charge is 0.436 e. The van der Waals surface area contributed by atoms with Gasteiger partial charge in [-0.2, -0.15) is 0 Å². The molecule has 1 N–H and O–H groups in total. The summed E-state index contributed by atoms with van der Waals surface area (Å²) in [6, 6.07) is 19.4. The van der Waals surface area contributed by atoms with Gasteiger partial charge in [0.05, 0.1) is 22.2 Å². The smallest absolute Gasteiger partial charge is 0.252 e. The third-order valence-corrected chi connectivity index (χ3v) is 7.13. The van der Waals surface area contributed by atoms with E-state index in [-0.39, 0.29) is 34.2 Å². The normalized spacial score (nSPS) is 11.5. The van der Waals surface area contributed by atoms with E-state index in [0.29, 0.717) is 11.1 Å². The standard InChI is InChI=1S/C25H22FN3O4S/c1-29(2)34(31,32)23-14-8-3-9-17(23)15-27-24(30)18-10-4-5-11-19(18)25-28-16-22(33-25)20-12-6-7-13-21(20)26/h3-14,16H,15H2,1-2H3,(H,27,30). The molecule has 34 heavy (non-hydrogen) atoms. The molecule has 0 fully saturated rings. The van der Waals surface area contributed by atoms with E-state index < -0.39 is 21.7 Å². The van der Waals surface area contributed by atoms with Gasteiger partial charge in [0.2, 0.25) is 15.9 Å². The van der Waals surface area contributed by atoms with Gasteiger partial charge in [-0.15, -0.1) is 0 Å². The number of aromatic nitrogens is 1. The summed E-state index contributed by atoms with van der Waals surface area (Å²) in [5.74, 6) is -0.466. The Morgan fingerprint density at radius 1 is 0.971 bits per heavy atom. The lowest BCUT2D eigenvalue weighted by Gasteiger charge is -2.15. The van der Waals surface area contributed by atoms with Crippen LogP contribution in [-0.2, 0) is 16.6 Å². The molecule has 0 unspecified atom stereocenters. The van der Waals surface area contributed by atoms with Crippen molar-refractivity contribution in [2.75, 3.05) is 14.1 Å². The fraction of sp³-hybridized carbons (Fsp3) is 0.120. The van der Waals surface area contributed by atoms with E-state index in [1.165, 1.54) is 32.4 Å². The second-order valence-corrected chi connectivity index (χ2v) is 9.75. The highest BCUT2D eigenvalue weighted by Gasteiger charge is 2.22. The number of carbonyl (C=O) groups is 1. The first-order chi connectivity index (χ1) is 16.3. The van der Waals surface area contributed by atoms with Crippen molar-refractivity contribution in [2.45, 2.75) is 11.4 Å². The van der Waals surface area contributed by atoms with E-state index in [9.17, 15) is 17.6 Å². The maximum Gasteiger partial charge on any atom is 0.252 e. The average molecular weight is 480 g/mol. The Morgan fingerprint density at radius 2 is 1.62 bits per heavy atom. The van der Waals surface area contributed by atoms with Crippen molar-refractivity contribution >= 4 is 15.9 Å². The van der Waals surface area contributed by atoms with Crippen molar-refractivity contribution in [1.82, 2.24) is 14.6 Å². The zero-order valence-corrected chi connectivity index (χ0v) is 19.3. The minimum absolute atomic E-state index is 0.00245. The Kier molecular flexibility index (Phi) is 6.58. The van der Waals surface area contributed by atoms with Gasteiger partial charge in [-0.3, -0.25) is 4.79 Å². The molecule has 0 aliphatic heterocycles. The highest BCUT2D eigenvalue weighted by molar-refractivity contribution is 7.89. The lowest BCUT2D eigenvalue weighted by Crippen LogP contribution is -2.27. The van der Waals surface area contributed by atoms with Crippen molar-refractivity contribution in [3.8, 4) is 22.8 Å². The Bertz CT molecular complexity index is 1450. The summed E-state index contributed by atoms with van der Waals surface area (Å²) in [4.78, 5) is 17.4. The van der Waals surface area contributed by atoms with Gasteiger partial charge in [-0.25, -0.2) is 22.1 Å². The highest BCUT2D eigenvalue weighted by atomic mass is 32.2. The van der Waals surface area contributed by atoms with E-state index >= 15 is 0 Å². The van der Waals surface area contributed by atoms with Gasteiger partial charge in [-0.05, 0) is 35.9 Å². The van der Waals surface area contributed by atoms with Crippen LogP contribution in [0.15, 0.2) is 88.3 Å². The van der Waals surface area contributed by atoms with Crippen LogP contribution in [-0.4, -0.2) is 37.7 Å². The number of hydrogen-bond acceptors (Lipinski definition) is 5. The lowest BCUT2D eigenvalue weighted by molar-refractivity contribution is 0.0951. The monoisotopic (exact) mass is 479 g/mol. The Hall–Kier alpha value is -3.82. The SMILES string of the molecule is CN(C)S(=O)(=O)c1ccccc1CNC(=O)c1ccccc1-c1ncc(-c2ccccc2F)o1. The number of nitrogens with zero attached hydrogens (tertiary/aromatic N) is 2. The third-order valence-electron chi connectivity index (χ3n) is 5.22. The number of benzene rings is 3. The molecule has 0 bridgehead atoms. The molecule has 0 aliphatic carbocycles. The molecule has 0 radical (unpaired) electrons. The summed E-state index contributed by atoms with van der Waals surface area (Å²) < 4.78 is 46.2. The molecule has 4 rings (SSSR count). The van der Waals surface area contributed by atoms with E-state index in [4.69, 9.17) is 4.42 Å². The lowest BCUT2D eigenvalue weighted by atomic mass is 10.1. The van der Waals surface area contributed by atoms with Crippen LogP contribution in [0.4, 0.5) is 4.39 Å².